The van der Waals surface area contributed by atoms with Crippen LogP contribution < -0.4 is 0 Å². The van der Waals surface area contributed by atoms with Gasteiger partial charge in [0.15, 0.2) is 0 Å². The molecule has 0 spiro atoms. The molecule has 0 amide bonds. The van der Waals surface area contributed by atoms with Crippen molar-refractivity contribution in [2.24, 2.45) is 0 Å². The molecule has 3 heteroatoms. The normalized spacial score (nSPS) is 13.5. The summed E-state index contributed by atoms with van der Waals surface area (Å²) in [6, 6.07) is 9.77. The third-order valence-electron chi connectivity index (χ3n) is 4.69. The van der Waals surface area contributed by atoms with Crippen molar-refractivity contribution in [1.82, 2.24) is 14.7 Å². The Bertz CT molecular complexity index is 425. The van der Waals surface area contributed by atoms with Crippen LogP contribution in [0.5, 0.6) is 0 Å². The van der Waals surface area contributed by atoms with Crippen LogP contribution in [-0.2, 0) is 6.42 Å². The van der Waals surface area contributed by atoms with Gasteiger partial charge in [-0.25, -0.2) is 0 Å². The Hall–Kier alpha value is -0.900. The first kappa shape index (κ1) is 20.1. The van der Waals surface area contributed by atoms with E-state index in [2.05, 4.69) is 87.9 Å². The highest BCUT2D eigenvalue weighted by molar-refractivity contribution is 5.25. The molecule has 3 nitrogen and oxygen atoms in total. The highest BCUT2D eigenvalue weighted by Crippen LogP contribution is 2.16. The summed E-state index contributed by atoms with van der Waals surface area (Å²) in [7, 11) is 8.76. The monoisotopic (exact) mass is 319 g/mol. The summed E-state index contributed by atoms with van der Waals surface area (Å²) in [4.78, 5) is 7.18. The minimum atomic E-state index is 0.567. The number of nitrogens with zero attached hydrogens (tertiary/aromatic N) is 3. The van der Waals surface area contributed by atoms with Crippen molar-refractivity contribution in [3.05, 3.63) is 35.4 Å². The average molecular weight is 320 g/mol. The van der Waals surface area contributed by atoms with E-state index in [9.17, 15) is 0 Å². The van der Waals surface area contributed by atoms with Gasteiger partial charge in [0.05, 0.1) is 0 Å². The van der Waals surface area contributed by atoms with Crippen molar-refractivity contribution in [2.75, 3.05) is 54.4 Å². The second-order valence-corrected chi connectivity index (χ2v) is 7.39. The Morgan fingerprint density at radius 2 is 1.52 bits per heavy atom. The van der Waals surface area contributed by atoms with Gasteiger partial charge in [-0.05, 0) is 58.2 Å². The van der Waals surface area contributed by atoms with Gasteiger partial charge in [-0.3, -0.25) is 0 Å². The minimum absolute atomic E-state index is 0.567. The molecular weight excluding hydrogens is 282 g/mol. The largest absolute Gasteiger partial charge is 0.308 e. The maximum Gasteiger partial charge on any atom is 0.0260 e. The molecule has 0 bridgehead atoms. The van der Waals surface area contributed by atoms with Gasteiger partial charge in [-0.1, -0.05) is 45.0 Å². The Kier molecular flexibility index (Phi) is 8.82. The number of hydrogen-bond acceptors (Lipinski definition) is 3. The Morgan fingerprint density at radius 1 is 0.913 bits per heavy atom. The molecule has 0 saturated carbocycles. The van der Waals surface area contributed by atoms with Gasteiger partial charge in [0.1, 0.15) is 0 Å². The molecule has 0 aliphatic heterocycles. The molecule has 1 atom stereocenters. The van der Waals surface area contributed by atoms with Gasteiger partial charge in [-0.2, -0.15) is 0 Å². The summed E-state index contributed by atoms with van der Waals surface area (Å²) < 4.78 is 0. The predicted octanol–water partition coefficient (Wildman–Crippen LogP) is 3.17. The van der Waals surface area contributed by atoms with Gasteiger partial charge < -0.3 is 14.7 Å². The zero-order chi connectivity index (χ0) is 17.4. The fraction of sp³-hybridized carbons (Fsp3) is 0.700. The van der Waals surface area contributed by atoms with E-state index in [-0.39, 0.29) is 0 Å². The molecule has 1 unspecified atom stereocenters. The summed E-state index contributed by atoms with van der Waals surface area (Å²) in [6.45, 7) is 11.2. The lowest BCUT2D eigenvalue weighted by Gasteiger charge is -2.31. The van der Waals surface area contributed by atoms with Crippen LogP contribution >= 0.6 is 0 Å². The van der Waals surface area contributed by atoms with Gasteiger partial charge in [0, 0.05) is 25.7 Å². The van der Waals surface area contributed by atoms with Crippen LogP contribution in [0.15, 0.2) is 24.3 Å². The van der Waals surface area contributed by atoms with E-state index in [1.54, 1.807) is 0 Å². The fourth-order valence-electron chi connectivity index (χ4n) is 2.75. The maximum absolute atomic E-state index is 2.47. The highest BCUT2D eigenvalue weighted by Gasteiger charge is 2.16. The summed E-state index contributed by atoms with van der Waals surface area (Å²) >= 11 is 0. The van der Waals surface area contributed by atoms with Crippen molar-refractivity contribution in [3.63, 3.8) is 0 Å². The maximum atomic E-state index is 2.47. The van der Waals surface area contributed by atoms with Crippen LogP contribution in [-0.4, -0.2) is 75.1 Å². The molecular formula is C20H37N3. The predicted molar refractivity (Wildman–Crippen MR) is 102 cm³/mol. The second-order valence-electron chi connectivity index (χ2n) is 7.39. The van der Waals surface area contributed by atoms with Gasteiger partial charge in [0.25, 0.3) is 0 Å². The first-order valence-corrected chi connectivity index (χ1v) is 8.95. The van der Waals surface area contributed by atoms with Crippen LogP contribution in [0.2, 0.25) is 0 Å². The first-order valence-electron chi connectivity index (χ1n) is 8.95. The van der Waals surface area contributed by atoms with E-state index in [4.69, 9.17) is 0 Å². The Labute approximate surface area is 144 Å². The molecule has 1 rings (SSSR count). The lowest BCUT2D eigenvalue weighted by molar-refractivity contribution is 0.177. The van der Waals surface area contributed by atoms with Gasteiger partial charge >= 0.3 is 0 Å². The molecule has 0 heterocycles. The number of benzene rings is 1. The minimum Gasteiger partial charge on any atom is -0.308 e. The summed E-state index contributed by atoms with van der Waals surface area (Å²) in [6.07, 6.45) is 1.12. The standard InChI is InChI=1S/C20H37N3/c1-8-23(7)20(16-22(6)14-13-21(4)5)15-18-9-11-19(12-10-18)17(2)3/h9-12,17,20H,8,13-16H2,1-7H3. The second kappa shape index (κ2) is 10.1. The lowest BCUT2D eigenvalue weighted by Crippen LogP contribution is -2.43. The number of likely N-dealkylation sites (N-methyl/N-ethyl adjacent to an activating group) is 3. The van der Waals surface area contributed by atoms with E-state index in [1.165, 1.54) is 11.1 Å². The molecule has 0 aliphatic rings. The molecule has 0 saturated heterocycles. The zero-order valence-electron chi connectivity index (χ0n) is 16.3. The van der Waals surface area contributed by atoms with Gasteiger partial charge in [-0.15, -0.1) is 0 Å². The fourth-order valence-corrected chi connectivity index (χ4v) is 2.75. The summed E-state index contributed by atoms with van der Waals surface area (Å²) in [5.41, 5.74) is 2.87. The first-order chi connectivity index (χ1) is 10.8. The molecule has 0 N–H and O–H groups in total. The molecule has 1 aromatic rings. The Morgan fingerprint density at radius 3 is 2.00 bits per heavy atom. The van der Waals surface area contributed by atoms with Crippen LogP contribution in [0.4, 0.5) is 0 Å². The molecule has 132 valence electrons. The van der Waals surface area contributed by atoms with Crippen molar-refractivity contribution in [2.45, 2.75) is 39.2 Å². The summed E-state index contributed by atoms with van der Waals surface area (Å²) in [5, 5.41) is 0. The summed E-state index contributed by atoms with van der Waals surface area (Å²) in [5.74, 6) is 0.607. The third kappa shape index (κ3) is 7.47. The Balaban J connectivity index is 2.66. The van der Waals surface area contributed by atoms with E-state index in [0.29, 0.717) is 12.0 Å². The molecule has 0 radical (unpaired) electrons. The smallest absolute Gasteiger partial charge is 0.0260 e. The van der Waals surface area contributed by atoms with E-state index < -0.39 is 0 Å². The molecule has 23 heavy (non-hydrogen) atoms. The van der Waals surface area contributed by atoms with E-state index >= 15 is 0 Å². The van der Waals surface area contributed by atoms with Crippen LogP contribution in [0.3, 0.4) is 0 Å². The highest BCUT2D eigenvalue weighted by atomic mass is 15.2. The topological polar surface area (TPSA) is 9.72 Å². The van der Waals surface area contributed by atoms with E-state index in [0.717, 1.165) is 32.6 Å². The molecule has 0 aliphatic carbocycles. The third-order valence-corrected chi connectivity index (χ3v) is 4.69. The van der Waals surface area contributed by atoms with E-state index in [1.807, 2.05) is 0 Å². The van der Waals surface area contributed by atoms with Gasteiger partial charge in [0.2, 0.25) is 0 Å². The number of rotatable bonds is 10. The quantitative estimate of drug-likeness (QED) is 0.656. The molecule has 0 aromatic heterocycles. The van der Waals surface area contributed by atoms with Crippen LogP contribution in [0.1, 0.15) is 37.8 Å². The van der Waals surface area contributed by atoms with Crippen LogP contribution in [0, 0.1) is 0 Å². The van der Waals surface area contributed by atoms with Crippen molar-refractivity contribution in [1.29, 1.82) is 0 Å². The van der Waals surface area contributed by atoms with Crippen molar-refractivity contribution < 1.29 is 0 Å². The number of hydrogen-bond donors (Lipinski definition) is 0. The van der Waals surface area contributed by atoms with Crippen LogP contribution in [0.25, 0.3) is 0 Å². The lowest BCUT2D eigenvalue weighted by atomic mass is 9.98. The molecule has 1 aromatic carbocycles. The van der Waals surface area contributed by atoms with Crippen molar-refractivity contribution >= 4 is 0 Å². The SMILES string of the molecule is CCN(C)C(Cc1ccc(C(C)C)cc1)CN(C)CCN(C)C. The molecule has 0 fully saturated rings. The average Bonchev–Trinajstić information content (AvgIpc) is 2.52. The van der Waals surface area contributed by atoms with Crippen molar-refractivity contribution in [3.8, 4) is 0 Å². The zero-order valence-corrected chi connectivity index (χ0v) is 16.3.